The normalized spacial score (nSPS) is 13.8. The zero-order valence-corrected chi connectivity index (χ0v) is 15.3. The van der Waals surface area contributed by atoms with E-state index in [1.54, 1.807) is 6.20 Å². The number of rotatable bonds is 2. The standard InChI is InChI=1S/C16H15ClN6O.ClH.H2O/c17-11-3-1-10(2-4-11)12-9-19-14-13(20-12)15(22-16(18)21-14)23-5-7-24-8-6-23;;/h1-4,9H,5-8H2,(H2,18,19,21,22);1H;1H2. The van der Waals surface area contributed by atoms with Crippen LogP contribution in [0.25, 0.3) is 22.4 Å². The molecule has 3 heterocycles. The number of hydrogen-bond acceptors (Lipinski definition) is 7. The van der Waals surface area contributed by atoms with E-state index in [1.165, 1.54) is 0 Å². The van der Waals surface area contributed by atoms with Crippen molar-refractivity contribution in [1.82, 2.24) is 19.9 Å². The average Bonchev–Trinajstić information content (AvgIpc) is 2.62. The quantitative estimate of drug-likeness (QED) is 0.699. The van der Waals surface area contributed by atoms with Crippen LogP contribution in [0.2, 0.25) is 5.02 Å². The Hall–Kier alpha value is -2.26. The Bertz CT molecular complexity index is 888. The Morgan fingerprint density at radius 3 is 2.42 bits per heavy atom. The second kappa shape index (κ2) is 8.41. The van der Waals surface area contributed by atoms with Gasteiger partial charge in [0.25, 0.3) is 0 Å². The first-order chi connectivity index (χ1) is 11.7. The third kappa shape index (κ3) is 3.94. The van der Waals surface area contributed by atoms with E-state index in [-0.39, 0.29) is 23.8 Å². The Kier molecular flexibility index (Phi) is 6.49. The SMILES string of the molecule is Cl.Nc1nc(N2CCOCC2)c2nc(-c3ccc(Cl)cc3)cnc2n1.O. The van der Waals surface area contributed by atoms with Crippen molar-refractivity contribution >= 4 is 46.9 Å². The molecule has 10 heteroatoms. The van der Waals surface area contributed by atoms with Crippen LogP contribution in [0, 0.1) is 0 Å². The number of nitrogens with zero attached hydrogens (tertiary/aromatic N) is 5. The molecule has 0 atom stereocenters. The van der Waals surface area contributed by atoms with Crippen molar-refractivity contribution in [3.8, 4) is 11.3 Å². The lowest BCUT2D eigenvalue weighted by Crippen LogP contribution is -2.37. The highest BCUT2D eigenvalue weighted by molar-refractivity contribution is 6.30. The molecule has 0 saturated carbocycles. The highest BCUT2D eigenvalue weighted by Gasteiger charge is 2.19. The molecule has 0 unspecified atom stereocenters. The largest absolute Gasteiger partial charge is 0.412 e. The van der Waals surface area contributed by atoms with E-state index in [2.05, 4.69) is 19.9 Å². The van der Waals surface area contributed by atoms with Gasteiger partial charge in [0.15, 0.2) is 17.0 Å². The van der Waals surface area contributed by atoms with Gasteiger partial charge in [0, 0.05) is 23.7 Å². The smallest absolute Gasteiger partial charge is 0.224 e. The molecule has 4 N–H and O–H groups in total. The number of benzene rings is 1. The van der Waals surface area contributed by atoms with Crippen molar-refractivity contribution in [1.29, 1.82) is 0 Å². The molecule has 138 valence electrons. The van der Waals surface area contributed by atoms with Crippen LogP contribution in [0.5, 0.6) is 0 Å². The van der Waals surface area contributed by atoms with E-state index >= 15 is 0 Å². The second-order valence-electron chi connectivity index (χ2n) is 5.44. The molecule has 1 aliphatic heterocycles. The van der Waals surface area contributed by atoms with Crippen LogP contribution in [-0.4, -0.2) is 51.7 Å². The highest BCUT2D eigenvalue weighted by atomic mass is 35.5. The fourth-order valence-electron chi connectivity index (χ4n) is 2.66. The van der Waals surface area contributed by atoms with Gasteiger partial charge in [0.2, 0.25) is 5.95 Å². The van der Waals surface area contributed by atoms with Crippen molar-refractivity contribution < 1.29 is 10.2 Å². The molecule has 0 amide bonds. The van der Waals surface area contributed by atoms with Gasteiger partial charge in [-0.1, -0.05) is 23.7 Å². The number of hydrogen-bond donors (Lipinski definition) is 1. The van der Waals surface area contributed by atoms with E-state index in [9.17, 15) is 0 Å². The van der Waals surface area contributed by atoms with Gasteiger partial charge >= 0.3 is 0 Å². The van der Waals surface area contributed by atoms with E-state index in [4.69, 9.17) is 27.1 Å². The summed E-state index contributed by atoms with van der Waals surface area (Å²) < 4.78 is 5.40. The molecule has 1 aliphatic rings. The van der Waals surface area contributed by atoms with Crippen LogP contribution < -0.4 is 10.6 Å². The zero-order chi connectivity index (χ0) is 16.5. The summed E-state index contributed by atoms with van der Waals surface area (Å²) in [7, 11) is 0. The number of morpholine rings is 1. The van der Waals surface area contributed by atoms with Gasteiger partial charge in [0.05, 0.1) is 25.1 Å². The summed E-state index contributed by atoms with van der Waals surface area (Å²) in [5.74, 6) is 0.890. The number of anilines is 2. The summed E-state index contributed by atoms with van der Waals surface area (Å²) in [5.41, 5.74) is 8.63. The molecule has 26 heavy (non-hydrogen) atoms. The number of fused-ring (bicyclic) bond motifs is 1. The fourth-order valence-corrected chi connectivity index (χ4v) is 2.79. The Balaban J connectivity index is 0.00000121. The van der Waals surface area contributed by atoms with Gasteiger partial charge in [0.1, 0.15) is 0 Å². The monoisotopic (exact) mass is 396 g/mol. The van der Waals surface area contributed by atoms with E-state index in [1.807, 2.05) is 24.3 Å². The molecule has 1 fully saturated rings. The van der Waals surface area contributed by atoms with Crippen molar-refractivity contribution in [3.05, 3.63) is 35.5 Å². The van der Waals surface area contributed by atoms with Crippen LogP contribution >= 0.6 is 24.0 Å². The molecule has 0 bridgehead atoms. The molecule has 0 spiro atoms. The third-order valence-corrected chi connectivity index (χ3v) is 4.11. The van der Waals surface area contributed by atoms with Crippen molar-refractivity contribution in [3.63, 3.8) is 0 Å². The average molecular weight is 397 g/mol. The van der Waals surface area contributed by atoms with E-state index < -0.39 is 0 Å². The molecule has 3 aromatic rings. The second-order valence-corrected chi connectivity index (χ2v) is 5.88. The molecule has 2 aromatic heterocycles. The summed E-state index contributed by atoms with van der Waals surface area (Å²) in [6.07, 6.45) is 1.68. The van der Waals surface area contributed by atoms with Gasteiger partial charge in [-0.25, -0.2) is 9.97 Å². The predicted molar refractivity (Wildman–Crippen MR) is 104 cm³/mol. The number of halogens is 2. The van der Waals surface area contributed by atoms with Crippen LogP contribution in [0.15, 0.2) is 30.5 Å². The minimum Gasteiger partial charge on any atom is -0.412 e. The van der Waals surface area contributed by atoms with Crippen molar-refractivity contribution in [2.24, 2.45) is 0 Å². The van der Waals surface area contributed by atoms with Crippen LogP contribution in [0.4, 0.5) is 11.8 Å². The molecular weight excluding hydrogens is 379 g/mol. The fraction of sp³-hybridized carbons (Fsp3) is 0.250. The first-order valence-electron chi connectivity index (χ1n) is 7.59. The highest BCUT2D eigenvalue weighted by Crippen LogP contribution is 2.26. The number of aromatic nitrogens is 4. The van der Waals surface area contributed by atoms with Crippen molar-refractivity contribution in [2.45, 2.75) is 0 Å². The van der Waals surface area contributed by atoms with Crippen molar-refractivity contribution in [2.75, 3.05) is 36.9 Å². The lowest BCUT2D eigenvalue weighted by Gasteiger charge is -2.28. The summed E-state index contributed by atoms with van der Waals surface area (Å²) in [5, 5.41) is 0.678. The maximum atomic E-state index is 5.95. The van der Waals surface area contributed by atoms with Gasteiger partial charge in [-0.3, -0.25) is 0 Å². The molecule has 0 radical (unpaired) electrons. The third-order valence-electron chi connectivity index (χ3n) is 3.86. The zero-order valence-electron chi connectivity index (χ0n) is 13.7. The van der Waals surface area contributed by atoms with E-state index in [0.717, 1.165) is 24.3 Å². The maximum Gasteiger partial charge on any atom is 0.224 e. The molecule has 4 rings (SSSR count). The summed E-state index contributed by atoms with van der Waals surface area (Å²) in [6.45, 7) is 2.77. The Morgan fingerprint density at radius 1 is 1.04 bits per heavy atom. The lowest BCUT2D eigenvalue weighted by molar-refractivity contribution is 0.122. The number of ether oxygens (including phenoxy) is 1. The van der Waals surface area contributed by atoms with Gasteiger partial charge in [-0.2, -0.15) is 9.97 Å². The van der Waals surface area contributed by atoms with Crippen LogP contribution in [-0.2, 0) is 4.74 Å². The Morgan fingerprint density at radius 2 is 1.73 bits per heavy atom. The minimum absolute atomic E-state index is 0. The van der Waals surface area contributed by atoms with E-state index in [0.29, 0.717) is 35.2 Å². The summed E-state index contributed by atoms with van der Waals surface area (Å²) in [4.78, 5) is 19.8. The summed E-state index contributed by atoms with van der Waals surface area (Å²) >= 11 is 5.95. The van der Waals surface area contributed by atoms with Gasteiger partial charge in [-0.05, 0) is 12.1 Å². The molecular formula is C16H18Cl2N6O2. The predicted octanol–water partition coefficient (Wildman–Crippen LogP) is 1.76. The molecule has 0 aliphatic carbocycles. The van der Waals surface area contributed by atoms with Gasteiger partial charge in [-0.15, -0.1) is 12.4 Å². The molecule has 1 saturated heterocycles. The summed E-state index contributed by atoms with van der Waals surface area (Å²) in [6, 6.07) is 7.46. The lowest BCUT2D eigenvalue weighted by atomic mass is 10.1. The topological polar surface area (TPSA) is 122 Å². The van der Waals surface area contributed by atoms with Crippen LogP contribution in [0.3, 0.4) is 0 Å². The minimum atomic E-state index is 0. The Labute approximate surface area is 161 Å². The van der Waals surface area contributed by atoms with Gasteiger partial charge < -0.3 is 20.8 Å². The molecule has 8 nitrogen and oxygen atoms in total. The first-order valence-corrected chi connectivity index (χ1v) is 7.97. The number of nitrogen functional groups attached to an aromatic ring is 1. The molecule has 1 aromatic carbocycles. The van der Waals surface area contributed by atoms with Crippen LogP contribution in [0.1, 0.15) is 0 Å². The maximum absolute atomic E-state index is 5.95. The number of nitrogens with two attached hydrogens (primary N) is 1. The first kappa shape index (κ1) is 20.1.